The van der Waals surface area contributed by atoms with Gasteiger partial charge in [-0.2, -0.15) is 17.6 Å². The van der Waals surface area contributed by atoms with Crippen LogP contribution in [0.15, 0.2) is 54.9 Å². The van der Waals surface area contributed by atoms with Crippen molar-refractivity contribution in [3.63, 3.8) is 0 Å². The molecule has 0 aliphatic carbocycles. The number of nitrogens with zero attached hydrogens (tertiary/aromatic N) is 3. The van der Waals surface area contributed by atoms with Crippen molar-refractivity contribution >= 4 is 17.5 Å². The Morgan fingerprint density at radius 3 is 2.34 bits per heavy atom. The SMILES string of the molecule is NC(=O)Cc1ccc(CNc2ncnc(N3C[C@@H](F)C[C@H]3c3ccc(C(F)(F)F)cc3)c2F)cc1. The molecule has 6 nitrogen and oxygen atoms in total. The number of primary amides is 1. The lowest BCUT2D eigenvalue weighted by Gasteiger charge is -2.26. The van der Waals surface area contributed by atoms with Gasteiger partial charge in [-0.1, -0.05) is 36.4 Å². The van der Waals surface area contributed by atoms with Gasteiger partial charge < -0.3 is 16.0 Å². The third kappa shape index (κ3) is 5.67. The maximum absolute atomic E-state index is 15.3. The number of amides is 1. The highest BCUT2D eigenvalue weighted by atomic mass is 19.4. The summed E-state index contributed by atoms with van der Waals surface area (Å²) in [6, 6.07) is 10.7. The number of anilines is 2. The van der Waals surface area contributed by atoms with E-state index in [4.69, 9.17) is 5.73 Å². The first-order valence-electron chi connectivity index (χ1n) is 10.8. The molecule has 35 heavy (non-hydrogen) atoms. The topological polar surface area (TPSA) is 84.1 Å². The van der Waals surface area contributed by atoms with E-state index in [1.165, 1.54) is 17.0 Å². The Morgan fingerprint density at radius 2 is 1.71 bits per heavy atom. The summed E-state index contributed by atoms with van der Waals surface area (Å²) in [7, 11) is 0. The third-order valence-electron chi connectivity index (χ3n) is 5.78. The van der Waals surface area contributed by atoms with Gasteiger partial charge in [0.1, 0.15) is 12.5 Å². The second-order valence-corrected chi connectivity index (χ2v) is 8.29. The van der Waals surface area contributed by atoms with Crippen LogP contribution >= 0.6 is 0 Å². The molecule has 1 aliphatic heterocycles. The normalized spacial score (nSPS) is 18.0. The Morgan fingerprint density at radius 1 is 1.06 bits per heavy atom. The number of rotatable bonds is 7. The summed E-state index contributed by atoms with van der Waals surface area (Å²) < 4.78 is 68.4. The lowest BCUT2D eigenvalue weighted by atomic mass is 10.0. The van der Waals surface area contributed by atoms with Gasteiger partial charge >= 0.3 is 6.18 Å². The van der Waals surface area contributed by atoms with Crippen LogP contribution < -0.4 is 16.0 Å². The number of hydrogen-bond acceptors (Lipinski definition) is 5. The van der Waals surface area contributed by atoms with E-state index in [9.17, 15) is 22.4 Å². The number of nitrogens with two attached hydrogens (primary N) is 1. The van der Waals surface area contributed by atoms with E-state index < -0.39 is 35.7 Å². The largest absolute Gasteiger partial charge is 0.416 e. The lowest BCUT2D eigenvalue weighted by Crippen LogP contribution is -2.26. The monoisotopic (exact) mass is 491 g/mol. The van der Waals surface area contributed by atoms with Gasteiger partial charge in [-0.25, -0.2) is 14.4 Å². The standard InChI is InChI=1S/C24H22F5N5O/c25-18-10-19(16-5-7-17(8-6-16)24(27,28)29)34(12-18)23-21(26)22(32-13-33-23)31-11-15-3-1-14(2-4-15)9-20(30)35/h1-8,13,18-19H,9-12H2,(H2,30,35)(H,31,32,33)/t18-,19-/m0/s1. The van der Waals surface area contributed by atoms with Gasteiger partial charge in [0.2, 0.25) is 11.7 Å². The van der Waals surface area contributed by atoms with Gasteiger partial charge in [0, 0.05) is 13.0 Å². The average molecular weight is 491 g/mol. The van der Waals surface area contributed by atoms with E-state index in [-0.39, 0.29) is 37.6 Å². The zero-order valence-corrected chi connectivity index (χ0v) is 18.4. The zero-order chi connectivity index (χ0) is 25.2. The van der Waals surface area contributed by atoms with Crippen molar-refractivity contribution in [3.05, 3.63) is 82.9 Å². The molecule has 0 unspecified atom stereocenters. The first kappa shape index (κ1) is 24.4. The molecule has 0 radical (unpaired) electrons. The number of hydrogen-bond donors (Lipinski definition) is 2. The number of carbonyl (C=O) groups excluding carboxylic acids is 1. The number of carbonyl (C=O) groups is 1. The number of alkyl halides is 4. The van der Waals surface area contributed by atoms with E-state index in [1.54, 1.807) is 24.3 Å². The zero-order valence-electron chi connectivity index (χ0n) is 18.4. The highest BCUT2D eigenvalue weighted by Crippen LogP contribution is 2.39. The van der Waals surface area contributed by atoms with E-state index in [1.807, 2.05) is 0 Å². The minimum Gasteiger partial charge on any atom is -0.369 e. The van der Waals surface area contributed by atoms with E-state index in [2.05, 4.69) is 15.3 Å². The van der Waals surface area contributed by atoms with Gasteiger partial charge in [-0.3, -0.25) is 4.79 Å². The molecule has 1 amide bonds. The predicted octanol–water partition coefficient (Wildman–Crippen LogP) is 4.56. The van der Waals surface area contributed by atoms with Gasteiger partial charge in [0.15, 0.2) is 11.6 Å². The van der Waals surface area contributed by atoms with Crippen LogP contribution in [-0.4, -0.2) is 28.6 Å². The molecule has 2 atom stereocenters. The molecule has 1 saturated heterocycles. The Bertz CT molecular complexity index is 1180. The van der Waals surface area contributed by atoms with E-state index in [0.29, 0.717) is 5.56 Å². The molecule has 0 saturated carbocycles. The second-order valence-electron chi connectivity index (χ2n) is 8.29. The summed E-state index contributed by atoms with van der Waals surface area (Å²) in [6.45, 7) is 0.0681. The van der Waals surface area contributed by atoms with Crippen LogP contribution in [-0.2, 0) is 23.9 Å². The minimum absolute atomic E-state index is 0.00474. The second kappa shape index (κ2) is 9.85. The van der Waals surface area contributed by atoms with Gasteiger partial charge in [0.05, 0.1) is 24.6 Å². The van der Waals surface area contributed by atoms with Crippen LogP contribution in [0.1, 0.15) is 34.7 Å². The molecule has 184 valence electrons. The fourth-order valence-electron chi connectivity index (χ4n) is 4.08. The molecule has 11 heteroatoms. The highest BCUT2D eigenvalue weighted by Gasteiger charge is 2.37. The molecular weight excluding hydrogens is 469 g/mol. The van der Waals surface area contributed by atoms with Crippen molar-refractivity contribution in [1.82, 2.24) is 9.97 Å². The first-order chi connectivity index (χ1) is 16.6. The Hall–Kier alpha value is -3.76. The molecule has 0 bridgehead atoms. The summed E-state index contributed by atoms with van der Waals surface area (Å²) >= 11 is 0. The lowest BCUT2D eigenvalue weighted by molar-refractivity contribution is -0.137. The van der Waals surface area contributed by atoms with Crippen molar-refractivity contribution in [2.45, 2.75) is 37.8 Å². The fraction of sp³-hybridized carbons (Fsp3) is 0.292. The van der Waals surface area contributed by atoms with Crippen LogP contribution in [0.5, 0.6) is 0 Å². The number of benzene rings is 2. The Labute approximate surface area is 198 Å². The van der Waals surface area contributed by atoms with Gasteiger partial charge in [-0.15, -0.1) is 0 Å². The summed E-state index contributed by atoms with van der Waals surface area (Å²) in [5.74, 6) is -1.46. The molecule has 3 aromatic rings. The number of halogens is 5. The van der Waals surface area contributed by atoms with Crippen LogP contribution in [0.25, 0.3) is 0 Å². The maximum atomic E-state index is 15.3. The summed E-state index contributed by atoms with van der Waals surface area (Å²) in [6.07, 6.45) is -4.53. The first-order valence-corrected chi connectivity index (χ1v) is 10.8. The van der Waals surface area contributed by atoms with E-state index in [0.717, 1.165) is 29.6 Å². The maximum Gasteiger partial charge on any atom is 0.416 e. The summed E-state index contributed by atoms with van der Waals surface area (Å²) in [5.41, 5.74) is 6.34. The van der Waals surface area contributed by atoms with Gasteiger partial charge in [-0.05, 0) is 28.8 Å². The van der Waals surface area contributed by atoms with Crippen molar-refractivity contribution in [2.75, 3.05) is 16.8 Å². The van der Waals surface area contributed by atoms with Crippen LogP contribution in [0.3, 0.4) is 0 Å². The van der Waals surface area contributed by atoms with Crippen molar-refractivity contribution in [1.29, 1.82) is 0 Å². The average Bonchev–Trinajstić information content (AvgIpc) is 3.20. The molecule has 3 N–H and O–H groups in total. The predicted molar refractivity (Wildman–Crippen MR) is 120 cm³/mol. The molecule has 1 fully saturated rings. The molecule has 0 spiro atoms. The van der Waals surface area contributed by atoms with Crippen molar-refractivity contribution in [2.24, 2.45) is 5.73 Å². The smallest absolute Gasteiger partial charge is 0.369 e. The van der Waals surface area contributed by atoms with E-state index >= 15 is 4.39 Å². The summed E-state index contributed by atoms with van der Waals surface area (Å²) in [5, 5.41) is 2.88. The molecule has 1 aromatic heterocycles. The van der Waals surface area contributed by atoms with Crippen LogP contribution in [0.2, 0.25) is 0 Å². The Balaban J connectivity index is 1.52. The molecule has 2 heterocycles. The molecule has 4 rings (SSSR count). The molecule has 1 aliphatic rings. The van der Waals surface area contributed by atoms with Crippen molar-refractivity contribution < 1.29 is 26.7 Å². The quantitative estimate of drug-likeness (QED) is 0.474. The highest BCUT2D eigenvalue weighted by molar-refractivity contribution is 5.76. The van der Waals surface area contributed by atoms with Crippen molar-refractivity contribution in [3.8, 4) is 0 Å². The van der Waals surface area contributed by atoms with Crippen LogP contribution in [0.4, 0.5) is 33.6 Å². The fourth-order valence-corrected chi connectivity index (χ4v) is 4.08. The Kier molecular flexibility index (Phi) is 6.86. The number of aromatic nitrogens is 2. The summed E-state index contributed by atoms with van der Waals surface area (Å²) in [4.78, 5) is 20.3. The number of nitrogens with one attached hydrogen (secondary N) is 1. The third-order valence-corrected chi connectivity index (χ3v) is 5.78. The van der Waals surface area contributed by atoms with Gasteiger partial charge in [0.25, 0.3) is 0 Å². The molecular formula is C24H22F5N5O. The minimum atomic E-state index is -4.49. The van der Waals surface area contributed by atoms with Crippen LogP contribution in [0, 0.1) is 5.82 Å². The molecule has 2 aromatic carbocycles.